The average molecular weight is 481 g/mol. The third-order valence-corrected chi connectivity index (χ3v) is 5.65. The molecule has 0 aliphatic carbocycles. The van der Waals surface area contributed by atoms with Gasteiger partial charge in [-0.3, -0.25) is 14.4 Å². The van der Waals surface area contributed by atoms with Crippen LogP contribution in [0.4, 0.5) is 0 Å². The number of benzene rings is 2. The summed E-state index contributed by atoms with van der Waals surface area (Å²) in [5.41, 5.74) is 1.67. The predicted octanol–water partition coefficient (Wildman–Crippen LogP) is 3.56. The van der Waals surface area contributed by atoms with Gasteiger partial charge in [-0.1, -0.05) is 81.4 Å². The first kappa shape index (κ1) is 27.8. The maximum absolute atomic E-state index is 13.1. The zero-order valence-corrected chi connectivity index (χ0v) is 20.8. The number of carboxylic acids is 1. The minimum Gasteiger partial charge on any atom is -0.480 e. The Hall–Kier alpha value is -3.48. The van der Waals surface area contributed by atoms with Crippen LogP contribution in [0.5, 0.6) is 0 Å². The molecule has 2 aromatic carbocycles. The first-order valence-corrected chi connectivity index (χ1v) is 11.9. The summed E-state index contributed by atoms with van der Waals surface area (Å²) >= 11 is 0. The molecule has 7 nitrogen and oxygen atoms in total. The number of carboxylic acid groups (broad SMARTS) is 1. The number of hydrogen-bond acceptors (Lipinski definition) is 4. The number of ketones is 1. The number of Topliss-reactive ketones (excluding diaryl/α,β-unsaturated/α-hetero) is 1. The maximum atomic E-state index is 13.1. The van der Waals surface area contributed by atoms with E-state index < -0.39 is 23.8 Å². The van der Waals surface area contributed by atoms with Gasteiger partial charge in [0.05, 0.1) is 6.54 Å². The first-order chi connectivity index (χ1) is 16.5. The number of hydrogen-bond donors (Lipinski definition) is 3. The SMILES string of the molecule is CC(C)(C)CCC(=O)NCC(=O)C[C@H](Cc1ccccc1)C(=O)N[C@H](Cc1ccccc1)C(=O)O. The molecule has 188 valence electrons. The topological polar surface area (TPSA) is 113 Å². The van der Waals surface area contributed by atoms with Crippen LogP contribution in [0.2, 0.25) is 0 Å². The minimum atomic E-state index is -1.14. The van der Waals surface area contributed by atoms with Crippen molar-refractivity contribution < 1.29 is 24.3 Å². The molecule has 0 fully saturated rings. The normalized spacial score (nSPS) is 12.9. The summed E-state index contributed by atoms with van der Waals surface area (Å²) in [5.74, 6) is -2.87. The largest absolute Gasteiger partial charge is 0.480 e. The molecule has 0 aromatic heterocycles. The van der Waals surface area contributed by atoms with Gasteiger partial charge in [-0.2, -0.15) is 0 Å². The van der Waals surface area contributed by atoms with Crippen LogP contribution in [-0.2, 0) is 32.0 Å². The second-order valence-electron chi connectivity index (χ2n) is 10.1. The minimum absolute atomic E-state index is 0.0145. The standard InChI is InChI=1S/C28H36N2O5/c1-28(2,3)15-14-25(32)29-19-23(31)18-22(16-20-10-6-4-7-11-20)26(33)30-24(27(34)35)17-21-12-8-5-9-13-21/h4-13,22,24H,14-19H2,1-3H3,(H,29,32)(H,30,33)(H,34,35)/t22-,24+/m0/s1. The van der Waals surface area contributed by atoms with Crippen molar-refractivity contribution in [3.63, 3.8) is 0 Å². The van der Waals surface area contributed by atoms with Crippen molar-refractivity contribution in [3.8, 4) is 0 Å². The fourth-order valence-corrected chi connectivity index (χ4v) is 3.62. The smallest absolute Gasteiger partial charge is 0.326 e. The van der Waals surface area contributed by atoms with Crippen LogP contribution in [0.1, 0.15) is 51.2 Å². The second kappa shape index (κ2) is 13.4. The Morgan fingerprint density at radius 3 is 1.91 bits per heavy atom. The molecule has 0 aliphatic rings. The summed E-state index contributed by atoms with van der Waals surface area (Å²) < 4.78 is 0. The molecule has 2 atom stereocenters. The van der Waals surface area contributed by atoms with E-state index in [2.05, 4.69) is 10.6 Å². The Bertz CT molecular complexity index is 983. The van der Waals surface area contributed by atoms with Crippen molar-refractivity contribution in [1.82, 2.24) is 10.6 Å². The van der Waals surface area contributed by atoms with Gasteiger partial charge in [-0.05, 0) is 29.4 Å². The number of nitrogens with one attached hydrogen (secondary N) is 2. The molecule has 2 rings (SSSR count). The van der Waals surface area contributed by atoms with E-state index in [-0.39, 0.29) is 42.9 Å². The number of aliphatic carboxylic acids is 1. The van der Waals surface area contributed by atoms with Gasteiger partial charge in [-0.15, -0.1) is 0 Å². The summed E-state index contributed by atoms with van der Waals surface area (Å²) in [7, 11) is 0. The van der Waals surface area contributed by atoms with Gasteiger partial charge >= 0.3 is 5.97 Å². The van der Waals surface area contributed by atoms with Crippen LogP contribution in [0.3, 0.4) is 0 Å². The van der Waals surface area contributed by atoms with Gasteiger partial charge in [0.1, 0.15) is 6.04 Å². The Labute approximate surface area is 207 Å². The molecule has 2 amide bonds. The van der Waals surface area contributed by atoms with Gasteiger partial charge in [0.2, 0.25) is 11.8 Å². The second-order valence-corrected chi connectivity index (χ2v) is 10.1. The van der Waals surface area contributed by atoms with Crippen molar-refractivity contribution >= 4 is 23.6 Å². The van der Waals surface area contributed by atoms with E-state index in [0.29, 0.717) is 12.8 Å². The summed E-state index contributed by atoms with van der Waals surface area (Å²) in [4.78, 5) is 49.7. The molecule has 0 radical (unpaired) electrons. The van der Waals surface area contributed by atoms with Crippen LogP contribution in [0.15, 0.2) is 60.7 Å². The van der Waals surface area contributed by atoms with E-state index >= 15 is 0 Å². The van der Waals surface area contributed by atoms with Crippen LogP contribution < -0.4 is 10.6 Å². The predicted molar refractivity (Wildman–Crippen MR) is 135 cm³/mol. The molecule has 0 aliphatic heterocycles. The van der Waals surface area contributed by atoms with E-state index in [0.717, 1.165) is 11.1 Å². The average Bonchev–Trinajstić information content (AvgIpc) is 2.81. The number of carbonyl (C=O) groups is 4. The Balaban J connectivity index is 2.04. The quantitative estimate of drug-likeness (QED) is 0.406. The highest BCUT2D eigenvalue weighted by Gasteiger charge is 2.27. The van der Waals surface area contributed by atoms with Crippen molar-refractivity contribution in [1.29, 1.82) is 0 Å². The number of rotatable bonds is 13. The molecule has 0 heterocycles. The van der Waals surface area contributed by atoms with E-state index in [1.165, 1.54) is 0 Å². The van der Waals surface area contributed by atoms with E-state index in [1.54, 1.807) is 12.1 Å². The Morgan fingerprint density at radius 1 is 0.857 bits per heavy atom. The third kappa shape index (κ3) is 11.0. The molecule has 0 spiro atoms. The first-order valence-electron chi connectivity index (χ1n) is 11.9. The molecule has 7 heteroatoms. The lowest BCUT2D eigenvalue weighted by Gasteiger charge is -2.21. The van der Waals surface area contributed by atoms with Crippen LogP contribution >= 0.6 is 0 Å². The van der Waals surface area contributed by atoms with Gasteiger partial charge in [0, 0.05) is 25.2 Å². The van der Waals surface area contributed by atoms with Crippen molar-refractivity contribution in [2.75, 3.05) is 6.54 Å². The van der Waals surface area contributed by atoms with Gasteiger partial charge in [0.15, 0.2) is 5.78 Å². The molecular formula is C28H36N2O5. The van der Waals surface area contributed by atoms with Crippen LogP contribution in [-0.4, -0.2) is 41.3 Å². The highest BCUT2D eigenvalue weighted by atomic mass is 16.4. The molecule has 0 unspecified atom stereocenters. The molecule has 0 bridgehead atoms. The van der Waals surface area contributed by atoms with Crippen molar-refractivity contribution in [2.24, 2.45) is 11.3 Å². The van der Waals surface area contributed by atoms with Crippen molar-refractivity contribution in [2.45, 2.75) is 58.9 Å². The van der Waals surface area contributed by atoms with E-state index in [9.17, 15) is 24.3 Å². The Kier molecular flexibility index (Phi) is 10.6. The third-order valence-electron chi connectivity index (χ3n) is 5.65. The van der Waals surface area contributed by atoms with E-state index in [1.807, 2.05) is 69.3 Å². The summed E-state index contributed by atoms with van der Waals surface area (Å²) in [6, 6.07) is 17.2. The molecule has 0 saturated carbocycles. The lowest BCUT2D eigenvalue weighted by atomic mass is 9.90. The highest BCUT2D eigenvalue weighted by Crippen LogP contribution is 2.20. The number of amides is 2. The monoisotopic (exact) mass is 480 g/mol. The molecular weight excluding hydrogens is 444 g/mol. The maximum Gasteiger partial charge on any atom is 0.326 e. The fourth-order valence-electron chi connectivity index (χ4n) is 3.62. The molecule has 0 saturated heterocycles. The highest BCUT2D eigenvalue weighted by molar-refractivity contribution is 5.91. The molecule has 35 heavy (non-hydrogen) atoms. The van der Waals surface area contributed by atoms with Gasteiger partial charge in [-0.25, -0.2) is 4.79 Å². The van der Waals surface area contributed by atoms with E-state index in [4.69, 9.17) is 0 Å². The van der Waals surface area contributed by atoms with Crippen LogP contribution in [0, 0.1) is 11.3 Å². The zero-order chi connectivity index (χ0) is 25.8. The lowest BCUT2D eigenvalue weighted by molar-refractivity contribution is -0.142. The number of carbonyl (C=O) groups excluding carboxylic acids is 3. The summed E-state index contributed by atoms with van der Waals surface area (Å²) in [6.07, 6.45) is 1.35. The summed E-state index contributed by atoms with van der Waals surface area (Å²) in [5, 5.41) is 14.9. The molecule has 3 N–H and O–H groups in total. The van der Waals surface area contributed by atoms with Gasteiger partial charge < -0.3 is 15.7 Å². The summed E-state index contributed by atoms with van der Waals surface area (Å²) in [6.45, 7) is 5.97. The van der Waals surface area contributed by atoms with Crippen LogP contribution in [0.25, 0.3) is 0 Å². The Morgan fingerprint density at radius 2 is 1.40 bits per heavy atom. The zero-order valence-electron chi connectivity index (χ0n) is 20.8. The molecule has 2 aromatic rings. The van der Waals surface area contributed by atoms with Crippen molar-refractivity contribution in [3.05, 3.63) is 71.8 Å². The fraction of sp³-hybridized carbons (Fsp3) is 0.429. The van der Waals surface area contributed by atoms with Gasteiger partial charge in [0.25, 0.3) is 0 Å². The lowest BCUT2D eigenvalue weighted by Crippen LogP contribution is -2.46.